The van der Waals surface area contributed by atoms with Crippen LogP contribution in [0, 0.1) is 5.41 Å². The van der Waals surface area contributed by atoms with Crippen LogP contribution in [-0.2, 0) is 4.74 Å². The van der Waals surface area contributed by atoms with Gasteiger partial charge in [-0.1, -0.05) is 6.42 Å². The summed E-state index contributed by atoms with van der Waals surface area (Å²) in [6.45, 7) is 1.20. The molecule has 2 heteroatoms. The van der Waals surface area contributed by atoms with Crippen molar-refractivity contribution in [2.75, 3.05) is 13.2 Å². The van der Waals surface area contributed by atoms with E-state index in [-0.39, 0.29) is 5.41 Å². The second-order valence-corrected chi connectivity index (χ2v) is 3.52. The third-order valence-corrected chi connectivity index (χ3v) is 3.06. The Kier molecular flexibility index (Phi) is 1.46. The highest BCUT2D eigenvalue weighted by atomic mass is 16.5. The molecule has 1 saturated heterocycles. The summed E-state index contributed by atoms with van der Waals surface area (Å²) >= 11 is 0. The van der Waals surface area contributed by atoms with Crippen molar-refractivity contribution in [1.29, 1.82) is 0 Å². The van der Waals surface area contributed by atoms with Gasteiger partial charge >= 0.3 is 0 Å². The van der Waals surface area contributed by atoms with Crippen molar-refractivity contribution in [2.24, 2.45) is 5.41 Å². The van der Waals surface area contributed by atoms with Gasteiger partial charge in [-0.3, -0.25) is 0 Å². The summed E-state index contributed by atoms with van der Waals surface area (Å²) in [6.07, 6.45) is 5.05. The van der Waals surface area contributed by atoms with Crippen LogP contribution in [0.15, 0.2) is 0 Å². The Labute approximate surface area is 61.2 Å². The van der Waals surface area contributed by atoms with Gasteiger partial charge in [0.1, 0.15) is 0 Å². The van der Waals surface area contributed by atoms with Crippen LogP contribution in [0.4, 0.5) is 0 Å². The Morgan fingerprint density at radius 1 is 1.50 bits per heavy atom. The van der Waals surface area contributed by atoms with Crippen molar-refractivity contribution in [1.82, 2.24) is 0 Å². The highest BCUT2D eigenvalue weighted by molar-refractivity contribution is 4.96. The molecule has 1 heterocycles. The van der Waals surface area contributed by atoms with Gasteiger partial charge < -0.3 is 9.84 Å². The quantitative estimate of drug-likeness (QED) is 0.590. The first-order valence-electron chi connectivity index (χ1n) is 4.10. The molecule has 1 saturated carbocycles. The molecule has 0 aromatic carbocycles. The van der Waals surface area contributed by atoms with Crippen molar-refractivity contribution in [3.05, 3.63) is 0 Å². The Bertz CT molecular complexity index is 123. The third-order valence-electron chi connectivity index (χ3n) is 3.06. The maximum atomic E-state index is 9.15. The molecule has 2 fully saturated rings. The number of aliphatic hydroxyl groups excluding tert-OH is 1. The Balaban J connectivity index is 2.15. The molecule has 1 aliphatic heterocycles. The van der Waals surface area contributed by atoms with Crippen LogP contribution in [0.5, 0.6) is 0 Å². The molecule has 0 bridgehead atoms. The molecule has 0 aromatic rings. The Hall–Kier alpha value is -0.0800. The van der Waals surface area contributed by atoms with Crippen LogP contribution in [0.2, 0.25) is 0 Å². The fraction of sp³-hybridized carbons (Fsp3) is 1.00. The zero-order valence-electron chi connectivity index (χ0n) is 6.18. The van der Waals surface area contributed by atoms with E-state index in [1.54, 1.807) is 0 Å². The predicted molar refractivity (Wildman–Crippen MR) is 37.7 cm³/mol. The summed E-state index contributed by atoms with van der Waals surface area (Å²) in [4.78, 5) is 0. The van der Waals surface area contributed by atoms with Crippen LogP contribution in [-0.4, -0.2) is 24.4 Å². The normalized spacial score (nSPS) is 45.9. The fourth-order valence-corrected chi connectivity index (χ4v) is 2.32. The highest BCUT2D eigenvalue weighted by Crippen LogP contribution is 2.46. The van der Waals surface area contributed by atoms with E-state index in [2.05, 4.69) is 0 Å². The molecule has 1 N–H and O–H groups in total. The van der Waals surface area contributed by atoms with E-state index in [0.29, 0.717) is 12.7 Å². The molecule has 0 radical (unpaired) electrons. The predicted octanol–water partition coefficient (Wildman–Crippen LogP) is 0.938. The number of hydrogen-bond donors (Lipinski definition) is 1. The molecule has 10 heavy (non-hydrogen) atoms. The van der Waals surface area contributed by atoms with Crippen molar-refractivity contribution in [3.8, 4) is 0 Å². The van der Waals surface area contributed by atoms with Gasteiger partial charge in [-0.2, -0.15) is 0 Å². The van der Waals surface area contributed by atoms with Gasteiger partial charge in [0.2, 0.25) is 0 Å². The monoisotopic (exact) mass is 142 g/mol. The zero-order valence-corrected chi connectivity index (χ0v) is 6.18. The molecule has 0 amide bonds. The van der Waals surface area contributed by atoms with E-state index in [9.17, 15) is 0 Å². The van der Waals surface area contributed by atoms with Gasteiger partial charge in [-0.25, -0.2) is 0 Å². The summed E-state index contributed by atoms with van der Waals surface area (Å²) in [5.41, 5.74) is 0.181. The molecule has 2 rings (SSSR count). The van der Waals surface area contributed by atoms with Crippen molar-refractivity contribution in [3.63, 3.8) is 0 Å². The van der Waals surface area contributed by atoms with E-state index >= 15 is 0 Å². The van der Waals surface area contributed by atoms with E-state index in [4.69, 9.17) is 9.84 Å². The molecule has 58 valence electrons. The van der Waals surface area contributed by atoms with Gasteiger partial charge in [0.05, 0.1) is 12.7 Å². The summed E-state index contributed by atoms with van der Waals surface area (Å²) in [6, 6.07) is 0. The first kappa shape index (κ1) is 6.62. The van der Waals surface area contributed by atoms with Gasteiger partial charge in [-0.15, -0.1) is 0 Å². The molecule has 0 unspecified atom stereocenters. The molecular weight excluding hydrogens is 128 g/mol. The first-order valence-corrected chi connectivity index (χ1v) is 4.10. The minimum Gasteiger partial charge on any atom is -0.396 e. The second kappa shape index (κ2) is 2.21. The first-order chi connectivity index (χ1) is 4.87. The highest BCUT2D eigenvalue weighted by Gasteiger charge is 2.46. The standard InChI is InChI=1S/C8H14O2/c9-6-8-3-1-2-7(8)10-5-4-8/h7,9H,1-6H2/t7-,8-/m1/s1. The SMILES string of the molecule is OC[C@]12CCC[C@H]1OCC2. The molecule has 1 aliphatic carbocycles. The van der Waals surface area contributed by atoms with E-state index in [0.717, 1.165) is 13.0 Å². The molecule has 2 aliphatic rings. The lowest BCUT2D eigenvalue weighted by molar-refractivity contribution is 0.0380. The van der Waals surface area contributed by atoms with Crippen LogP contribution >= 0.6 is 0 Å². The summed E-state index contributed by atoms with van der Waals surface area (Å²) in [5.74, 6) is 0. The zero-order chi connectivity index (χ0) is 7.03. The van der Waals surface area contributed by atoms with E-state index in [1.165, 1.54) is 19.3 Å². The van der Waals surface area contributed by atoms with Gasteiger partial charge in [0.25, 0.3) is 0 Å². The van der Waals surface area contributed by atoms with Crippen LogP contribution < -0.4 is 0 Å². The smallest absolute Gasteiger partial charge is 0.0654 e. The van der Waals surface area contributed by atoms with Gasteiger partial charge in [0.15, 0.2) is 0 Å². The maximum absolute atomic E-state index is 9.15. The van der Waals surface area contributed by atoms with Gasteiger partial charge in [-0.05, 0) is 19.3 Å². The number of rotatable bonds is 1. The number of ether oxygens (including phenoxy) is 1. The van der Waals surface area contributed by atoms with Crippen LogP contribution in [0.1, 0.15) is 25.7 Å². The maximum Gasteiger partial charge on any atom is 0.0654 e. The molecule has 0 aromatic heterocycles. The van der Waals surface area contributed by atoms with E-state index in [1.807, 2.05) is 0 Å². The van der Waals surface area contributed by atoms with Crippen molar-refractivity contribution >= 4 is 0 Å². The minimum atomic E-state index is 0.181. The third kappa shape index (κ3) is 0.722. The minimum absolute atomic E-state index is 0.181. The second-order valence-electron chi connectivity index (χ2n) is 3.52. The summed E-state index contributed by atoms with van der Waals surface area (Å²) in [5, 5.41) is 9.15. The van der Waals surface area contributed by atoms with Crippen LogP contribution in [0.3, 0.4) is 0 Å². The lowest BCUT2D eigenvalue weighted by Crippen LogP contribution is -2.28. The lowest BCUT2D eigenvalue weighted by atomic mass is 9.84. The lowest BCUT2D eigenvalue weighted by Gasteiger charge is -2.23. The Morgan fingerprint density at radius 2 is 2.40 bits per heavy atom. The fourth-order valence-electron chi connectivity index (χ4n) is 2.32. The largest absolute Gasteiger partial charge is 0.396 e. The topological polar surface area (TPSA) is 29.5 Å². The number of aliphatic hydroxyl groups is 1. The molecule has 2 atom stereocenters. The van der Waals surface area contributed by atoms with Gasteiger partial charge in [0, 0.05) is 12.0 Å². The molecule has 0 spiro atoms. The average Bonchev–Trinajstić information content (AvgIpc) is 2.42. The summed E-state index contributed by atoms with van der Waals surface area (Å²) in [7, 11) is 0. The number of fused-ring (bicyclic) bond motifs is 1. The van der Waals surface area contributed by atoms with Crippen molar-refractivity contribution < 1.29 is 9.84 Å². The Morgan fingerprint density at radius 3 is 3.10 bits per heavy atom. The number of hydrogen-bond acceptors (Lipinski definition) is 2. The summed E-state index contributed by atoms with van der Waals surface area (Å²) < 4.78 is 5.51. The average molecular weight is 142 g/mol. The molecule has 2 nitrogen and oxygen atoms in total. The molecular formula is C8H14O2. The van der Waals surface area contributed by atoms with Crippen LogP contribution in [0.25, 0.3) is 0 Å². The van der Waals surface area contributed by atoms with E-state index < -0.39 is 0 Å². The van der Waals surface area contributed by atoms with Crippen molar-refractivity contribution in [2.45, 2.75) is 31.8 Å².